The number of unbranched alkanes of at least 4 members (excludes halogenated alkanes) is 1. The summed E-state index contributed by atoms with van der Waals surface area (Å²) < 4.78 is 0. The molecule has 0 atom stereocenters. The fraction of sp³-hybridized carbons (Fsp3) is 0.500. The van der Waals surface area contributed by atoms with Crippen molar-refractivity contribution >= 4 is 18.5 Å². The first kappa shape index (κ1) is 18.6. The molecule has 1 aromatic carbocycles. The maximum atomic E-state index is 11.7. The van der Waals surface area contributed by atoms with Crippen molar-refractivity contribution in [1.82, 2.24) is 10.6 Å². The average molecular weight is 280 g/mol. The summed E-state index contributed by atoms with van der Waals surface area (Å²) in [5.74, 6) is -0.140. The molecule has 0 bridgehead atoms. The molecule has 4 N–H and O–H groups in total. The van der Waals surface area contributed by atoms with E-state index in [-0.39, 0.29) is 5.91 Å². The molecular weight excluding hydrogens is 255 g/mol. The summed E-state index contributed by atoms with van der Waals surface area (Å²) in [6, 6.07) is 6.22. The van der Waals surface area contributed by atoms with Crippen LogP contribution in [0.1, 0.15) is 37.0 Å². The van der Waals surface area contributed by atoms with Crippen LogP contribution in [0.2, 0.25) is 0 Å². The second-order valence-electron chi connectivity index (χ2n) is 4.06. The summed E-state index contributed by atoms with van der Waals surface area (Å²) in [5.41, 5.74) is 0.897. The van der Waals surface area contributed by atoms with E-state index in [9.17, 15) is 4.79 Å². The zero-order valence-electron chi connectivity index (χ0n) is 12.5. The van der Waals surface area contributed by atoms with Crippen molar-refractivity contribution in [2.24, 2.45) is 0 Å². The molecule has 0 heterocycles. The standard InChI is InChI=1S/C12H19BN2O3.C2H6/c1-14-8-2-3-9-15-12(16)10-4-6-11(7-5-10)13(17)18;1-2/h4-7,14,17-18H,2-3,8-9H2,1H3,(H,15,16);1-2H3. The number of hydrogen-bond acceptors (Lipinski definition) is 4. The normalized spacial score (nSPS) is 9.45. The van der Waals surface area contributed by atoms with Crippen LogP contribution in [0.5, 0.6) is 0 Å². The Morgan fingerprint density at radius 3 is 2.15 bits per heavy atom. The van der Waals surface area contributed by atoms with Crippen LogP contribution in [-0.2, 0) is 0 Å². The van der Waals surface area contributed by atoms with E-state index in [1.165, 1.54) is 12.1 Å². The van der Waals surface area contributed by atoms with Crippen molar-refractivity contribution < 1.29 is 14.8 Å². The minimum Gasteiger partial charge on any atom is -0.423 e. The van der Waals surface area contributed by atoms with Gasteiger partial charge in [-0.15, -0.1) is 0 Å². The van der Waals surface area contributed by atoms with E-state index in [4.69, 9.17) is 10.0 Å². The fourth-order valence-electron chi connectivity index (χ4n) is 1.54. The van der Waals surface area contributed by atoms with Crippen LogP contribution in [0.4, 0.5) is 0 Å². The van der Waals surface area contributed by atoms with Gasteiger partial charge in [-0.3, -0.25) is 4.79 Å². The minimum absolute atomic E-state index is 0.140. The van der Waals surface area contributed by atoms with Gasteiger partial charge in [-0.05, 0) is 44.0 Å². The van der Waals surface area contributed by atoms with Gasteiger partial charge in [0.15, 0.2) is 0 Å². The van der Waals surface area contributed by atoms with Gasteiger partial charge in [-0.25, -0.2) is 0 Å². The van der Waals surface area contributed by atoms with Gasteiger partial charge in [0.25, 0.3) is 5.91 Å². The van der Waals surface area contributed by atoms with Gasteiger partial charge in [0.05, 0.1) is 0 Å². The lowest BCUT2D eigenvalue weighted by molar-refractivity contribution is 0.0953. The first-order valence-corrected chi connectivity index (χ1v) is 7.04. The molecule has 1 aromatic rings. The topological polar surface area (TPSA) is 81.6 Å². The molecule has 6 heteroatoms. The Hall–Kier alpha value is -1.37. The van der Waals surface area contributed by atoms with Crippen LogP contribution in [0.15, 0.2) is 24.3 Å². The Morgan fingerprint density at radius 1 is 1.10 bits per heavy atom. The summed E-state index contributed by atoms with van der Waals surface area (Å²) in [5, 5.41) is 23.7. The predicted molar refractivity (Wildman–Crippen MR) is 83.1 cm³/mol. The maximum Gasteiger partial charge on any atom is 0.488 e. The summed E-state index contributed by atoms with van der Waals surface area (Å²) in [7, 11) is 0.402. The smallest absolute Gasteiger partial charge is 0.423 e. The van der Waals surface area contributed by atoms with Gasteiger partial charge in [0.1, 0.15) is 0 Å². The van der Waals surface area contributed by atoms with E-state index in [1.807, 2.05) is 20.9 Å². The monoisotopic (exact) mass is 280 g/mol. The van der Waals surface area contributed by atoms with Crippen molar-refractivity contribution in [3.63, 3.8) is 0 Å². The Bertz CT molecular complexity index is 369. The van der Waals surface area contributed by atoms with Gasteiger partial charge in [-0.2, -0.15) is 0 Å². The van der Waals surface area contributed by atoms with Gasteiger partial charge in [0, 0.05) is 12.1 Å². The molecular formula is C14H25BN2O3. The molecule has 0 aliphatic carbocycles. The number of carbonyl (C=O) groups is 1. The quantitative estimate of drug-likeness (QED) is 0.422. The number of carbonyl (C=O) groups excluding carboxylic acids is 1. The molecule has 1 rings (SSSR count). The van der Waals surface area contributed by atoms with Crippen molar-refractivity contribution in [3.05, 3.63) is 29.8 Å². The van der Waals surface area contributed by atoms with Crippen LogP contribution in [0.3, 0.4) is 0 Å². The third-order valence-corrected chi connectivity index (χ3v) is 2.61. The van der Waals surface area contributed by atoms with E-state index in [1.54, 1.807) is 12.1 Å². The fourth-order valence-corrected chi connectivity index (χ4v) is 1.54. The molecule has 20 heavy (non-hydrogen) atoms. The minimum atomic E-state index is -1.50. The van der Waals surface area contributed by atoms with Crippen LogP contribution < -0.4 is 16.1 Å². The molecule has 0 saturated carbocycles. The second-order valence-corrected chi connectivity index (χ2v) is 4.06. The van der Waals surface area contributed by atoms with E-state index in [0.29, 0.717) is 17.6 Å². The van der Waals surface area contributed by atoms with E-state index in [0.717, 1.165) is 19.4 Å². The zero-order chi connectivity index (χ0) is 15.4. The van der Waals surface area contributed by atoms with Crippen molar-refractivity contribution in [1.29, 1.82) is 0 Å². The van der Waals surface area contributed by atoms with Gasteiger partial charge >= 0.3 is 7.12 Å². The Labute approximate surface area is 121 Å². The van der Waals surface area contributed by atoms with E-state index < -0.39 is 7.12 Å². The first-order chi connectivity index (χ1) is 9.65. The lowest BCUT2D eigenvalue weighted by Gasteiger charge is -2.06. The van der Waals surface area contributed by atoms with Crippen LogP contribution in [0.25, 0.3) is 0 Å². The van der Waals surface area contributed by atoms with Gasteiger partial charge in [0.2, 0.25) is 0 Å². The molecule has 5 nitrogen and oxygen atoms in total. The van der Waals surface area contributed by atoms with Gasteiger partial charge in [-0.1, -0.05) is 26.0 Å². The highest BCUT2D eigenvalue weighted by molar-refractivity contribution is 6.58. The zero-order valence-corrected chi connectivity index (χ0v) is 12.5. The molecule has 0 aliphatic rings. The molecule has 0 saturated heterocycles. The maximum absolute atomic E-state index is 11.7. The van der Waals surface area contributed by atoms with E-state index in [2.05, 4.69) is 10.6 Å². The van der Waals surface area contributed by atoms with Crippen LogP contribution in [0, 0.1) is 0 Å². The Morgan fingerprint density at radius 2 is 1.65 bits per heavy atom. The Kier molecular flexibility index (Phi) is 10.7. The summed E-state index contributed by atoms with van der Waals surface area (Å²) in [4.78, 5) is 11.7. The van der Waals surface area contributed by atoms with E-state index >= 15 is 0 Å². The van der Waals surface area contributed by atoms with Gasteiger partial charge < -0.3 is 20.7 Å². The second kappa shape index (κ2) is 11.5. The third-order valence-electron chi connectivity index (χ3n) is 2.61. The lowest BCUT2D eigenvalue weighted by atomic mass is 9.80. The Balaban J connectivity index is 0.00000172. The van der Waals surface area contributed by atoms with Crippen LogP contribution in [-0.4, -0.2) is 43.2 Å². The summed E-state index contributed by atoms with van der Waals surface area (Å²) in [6.07, 6.45) is 1.95. The molecule has 1 amide bonds. The van der Waals surface area contributed by atoms with Crippen molar-refractivity contribution in [2.75, 3.05) is 20.1 Å². The summed E-state index contributed by atoms with van der Waals surface area (Å²) >= 11 is 0. The average Bonchev–Trinajstić information content (AvgIpc) is 2.49. The molecule has 0 radical (unpaired) electrons. The third kappa shape index (κ3) is 7.28. The van der Waals surface area contributed by atoms with Crippen LogP contribution >= 0.6 is 0 Å². The molecule has 0 unspecified atom stereocenters. The SMILES string of the molecule is CC.CNCCCCNC(=O)c1ccc(B(O)O)cc1. The van der Waals surface area contributed by atoms with Crippen molar-refractivity contribution in [2.45, 2.75) is 26.7 Å². The summed E-state index contributed by atoms with van der Waals surface area (Å²) in [6.45, 7) is 5.59. The molecule has 0 aliphatic heterocycles. The number of benzene rings is 1. The molecule has 112 valence electrons. The lowest BCUT2D eigenvalue weighted by Crippen LogP contribution is -2.30. The number of hydrogen-bond donors (Lipinski definition) is 4. The number of nitrogens with one attached hydrogen (secondary N) is 2. The molecule has 0 fully saturated rings. The molecule has 0 aromatic heterocycles. The number of rotatable bonds is 7. The predicted octanol–water partition coefficient (Wildman–Crippen LogP) is 0.122. The highest BCUT2D eigenvalue weighted by Gasteiger charge is 2.11. The number of amides is 1. The highest BCUT2D eigenvalue weighted by Crippen LogP contribution is 1.97. The molecule has 0 spiro atoms. The first-order valence-electron chi connectivity index (χ1n) is 7.04. The highest BCUT2D eigenvalue weighted by atomic mass is 16.4. The largest absolute Gasteiger partial charge is 0.488 e. The van der Waals surface area contributed by atoms with Crippen molar-refractivity contribution in [3.8, 4) is 0 Å².